The summed E-state index contributed by atoms with van der Waals surface area (Å²) in [6, 6.07) is 7.59. The van der Waals surface area contributed by atoms with Crippen molar-refractivity contribution in [1.29, 1.82) is 0 Å². The van der Waals surface area contributed by atoms with Gasteiger partial charge < -0.3 is 34.5 Å². The highest BCUT2D eigenvalue weighted by atomic mass is 35.5. The number of amides is 2. The standard InChI is InChI=1S/C31H30Cl2N4O8S.CH4/c1-2-9-43-11-12-44-15-24(38)35-25-29(40)37-26(31(41)42)17(16-46-30(25)37)4-3-10-45-23-8-6-19(33)14-21(23)27-34-22-7-5-18(32)13-20(22)28(39)36-27;/h3-8,13-14,16,25-26,30H,2,9-12,15H2,1H3,(H,35,38)(H,41,42)(H,34,36,39);1H4/b4-3+;/t25-,26?,30?;/m1./s1. The van der Waals surface area contributed by atoms with Gasteiger partial charge >= 0.3 is 5.97 Å². The van der Waals surface area contributed by atoms with Gasteiger partial charge in [0.2, 0.25) is 11.8 Å². The van der Waals surface area contributed by atoms with Gasteiger partial charge in [0.1, 0.15) is 36.2 Å². The van der Waals surface area contributed by atoms with Crippen LogP contribution in [0.15, 0.2) is 64.3 Å². The minimum Gasteiger partial charge on any atom is -0.489 e. The van der Waals surface area contributed by atoms with Crippen molar-refractivity contribution >= 4 is 63.7 Å². The molecule has 3 heterocycles. The maximum absolute atomic E-state index is 12.9. The summed E-state index contributed by atoms with van der Waals surface area (Å²) in [5.74, 6) is -1.55. The molecule has 47 heavy (non-hydrogen) atoms. The molecule has 0 saturated carbocycles. The van der Waals surface area contributed by atoms with Crippen LogP contribution in [0.2, 0.25) is 10.0 Å². The van der Waals surface area contributed by atoms with Gasteiger partial charge in [-0.1, -0.05) is 43.6 Å². The lowest BCUT2D eigenvalue weighted by molar-refractivity contribution is -0.160. The number of H-pyrrole nitrogens is 1. The van der Waals surface area contributed by atoms with Crippen molar-refractivity contribution in [2.75, 3.05) is 33.0 Å². The van der Waals surface area contributed by atoms with E-state index in [0.29, 0.717) is 51.0 Å². The molecule has 0 bridgehead atoms. The van der Waals surface area contributed by atoms with Crippen LogP contribution in [0.1, 0.15) is 20.8 Å². The van der Waals surface area contributed by atoms with E-state index in [-0.39, 0.29) is 38.6 Å². The number of benzene rings is 2. The van der Waals surface area contributed by atoms with Gasteiger partial charge in [-0.15, -0.1) is 11.8 Å². The van der Waals surface area contributed by atoms with Crippen LogP contribution in [0.3, 0.4) is 0 Å². The fourth-order valence-corrected chi connectivity index (χ4v) is 6.47. The van der Waals surface area contributed by atoms with E-state index < -0.39 is 35.2 Å². The first-order valence-corrected chi connectivity index (χ1v) is 16.0. The van der Waals surface area contributed by atoms with Crippen LogP contribution in [0.4, 0.5) is 0 Å². The fourth-order valence-electron chi connectivity index (χ4n) is 4.92. The number of thioether (sulfide) groups is 1. The number of ether oxygens (including phenoxy) is 3. The highest BCUT2D eigenvalue weighted by Crippen LogP contribution is 2.40. The number of carboxylic acids is 1. The van der Waals surface area contributed by atoms with Crippen LogP contribution >= 0.6 is 35.0 Å². The lowest BCUT2D eigenvalue weighted by Gasteiger charge is -2.51. The van der Waals surface area contributed by atoms with Crippen LogP contribution < -0.4 is 15.6 Å². The van der Waals surface area contributed by atoms with Crippen molar-refractivity contribution in [2.24, 2.45) is 0 Å². The Morgan fingerprint density at radius 1 is 1.11 bits per heavy atom. The highest BCUT2D eigenvalue weighted by molar-refractivity contribution is 8.03. The Morgan fingerprint density at radius 3 is 2.62 bits per heavy atom. The van der Waals surface area contributed by atoms with Crippen LogP contribution in [0.5, 0.6) is 5.75 Å². The molecule has 2 unspecified atom stereocenters. The van der Waals surface area contributed by atoms with Gasteiger partial charge in [0.05, 0.1) is 29.7 Å². The maximum atomic E-state index is 12.9. The predicted octanol–water partition coefficient (Wildman–Crippen LogP) is 4.65. The summed E-state index contributed by atoms with van der Waals surface area (Å²) in [6.07, 6.45) is 4.07. The number of nitrogens with one attached hydrogen (secondary N) is 2. The van der Waals surface area contributed by atoms with Gasteiger partial charge in [-0.25, -0.2) is 9.78 Å². The van der Waals surface area contributed by atoms with Crippen molar-refractivity contribution in [3.8, 4) is 17.1 Å². The lowest BCUT2D eigenvalue weighted by atomic mass is 9.97. The molecule has 2 aliphatic heterocycles. The van der Waals surface area contributed by atoms with E-state index in [1.54, 1.807) is 47.9 Å². The third-order valence-corrected chi connectivity index (χ3v) is 8.69. The second-order valence-corrected chi connectivity index (χ2v) is 12.1. The van der Waals surface area contributed by atoms with Gasteiger partial charge in [0, 0.05) is 16.7 Å². The number of aromatic nitrogens is 2. The van der Waals surface area contributed by atoms with Crippen molar-refractivity contribution in [3.63, 3.8) is 0 Å². The molecule has 3 N–H and O–H groups in total. The first-order valence-electron chi connectivity index (χ1n) is 14.3. The number of β-lactam (4-membered cyclic amide) rings is 1. The summed E-state index contributed by atoms with van der Waals surface area (Å²) in [5.41, 5.74) is 0.887. The largest absolute Gasteiger partial charge is 0.489 e. The molecule has 5 rings (SSSR count). The second-order valence-electron chi connectivity index (χ2n) is 10.3. The Hall–Kier alpha value is -3.88. The smallest absolute Gasteiger partial charge is 0.331 e. The molecule has 1 fully saturated rings. The Bertz CT molecular complexity index is 1760. The number of hydrogen-bond acceptors (Lipinski definition) is 9. The van der Waals surface area contributed by atoms with Gasteiger partial charge in [0.25, 0.3) is 5.56 Å². The number of carbonyl (C=O) groups excluding carboxylic acids is 2. The summed E-state index contributed by atoms with van der Waals surface area (Å²) in [7, 11) is 0. The van der Waals surface area contributed by atoms with Crippen LogP contribution in [-0.2, 0) is 23.9 Å². The summed E-state index contributed by atoms with van der Waals surface area (Å²) in [4.78, 5) is 58.7. The molecule has 0 aliphatic carbocycles. The van der Waals surface area contributed by atoms with Crippen molar-refractivity contribution in [3.05, 3.63) is 79.9 Å². The summed E-state index contributed by atoms with van der Waals surface area (Å²) >= 11 is 13.5. The van der Waals surface area contributed by atoms with Gasteiger partial charge in [0.15, 0.2) is 6.04 Å². The Labute approximate surface area is 285 Å². The molecule has 2 aliphatic rings. The van der Waals surface area contributed by atoms with Crippen LogP contribution in [-0.4, -0.2) is 88.3 Å². The predicted molar refractivity (Wildman–Crippen MR) is 181 cm³/mol. The van der Waals surface area contributed by atoms with E-state index in [1.807, 2.05) is 6.92 Å². The van der Waals surface area contributed by atoms with Crippen molar-refractivity contribution in [2.45, 2.75) is 38.2 Å². The number of halogens is 2. The first-order chi connectivity index (χ1) is 22.2. The molecule has 1 aromatic heterocycles. The topological polar surface area (TPSA) is 160 Å². The third-order valence-electron chi connectivity index (χ3n) is 7.03. The van der Waals surface area contributed by atoms with Crippen LogP contribution in [0.25, 0.3) is 22.3 Å². The van der Waals surface area contributed by atoms with E-state index in [1.165, 1.54) is 22.7 Å². The molecule has 12 nitrogen and oxygen atoms in total. The average Bonchev–Trinajstić information content (AvgIpc) is 3.03. The highest BCUT2D eigenvalue weighted by Gasteiger charge is 2.55. The number of carbonyl (C=O) groups is 3. The van der Waals surface area contributed by atoms with E-state index >= 15 is 0 Å². The third kappa shape index (κ3) is 8.35. The zero-order chi connectivity index (χ0) is 32.8. The van der Waals surface area contributed by atoms with E-state index in [9.17, 15) is 24.3 Å². The monoisotopic (exact) mass is 704 g/mol. The van der Waals surface area contributed by atoms with E-state index in [2.05, 4.69) is 15.3 Å². The SMILES string of the molecule is C.CCCOCCOCC(=O)N[C@@H]1C(=O)N2C(C(=O)O)C(/C=C/COc3ccc(Cl)cc3-c3nc4ccc(Cl)cc4c(=O)[nH]3)=CSC12. The normalized spacial score (nSPS) is 18.7. The Kier molecular flexibility index (Phi) is 12.5. The zero-order valence-electron chi connectivity index (χ0n) is 24.5. The molecule has 3 atom stereocenters. The number of aliphatic carboxylic acids is 1. The quantitative estimate of drug-likeness (QED) is 0.159. The number of aromatic amines is 1. The number of hydrogen-bond donors (Lipinski definition) is 3. The number of nitrogens with zero attached hydrogens (tertiary/aromatic N) is 2. The minimum atomic E-state index is -1.23. The van der Waals surface area contributed by atoms with E-state index in [0.717, 1.165) is 6.42 Å². The lowest BCUT2D eigenvalue weighted by Crippen LogP contribution is -2.74. The molecule has 3 aromatic rings. The minimum absolute atomic E-state index is 0. The molecule has 250 valence electrons. The molecule has 2 aromatic carbocycles. The van der Waals surface area contributed by atoms with Crippen LogP contribution in [0, 0.1) is 0 Å². The molecular formula is C32H34Cl2N4O8S. The first kappa shape index (κ1) is 36.0. The molecule has 0 spiro atoms. The second kappa shape index (κ2) is 16.3. The summed E-state index contributed by atoms with van der Waals surface area (Å²) in [6.45, 7) is 2.99. The number of rotatable bonds is 14. The Morgan fingerprint density at radius 2 is 1.85 bits per heavy atom. The molecule has 0 radical (unpaired) electrons. The number of fused-ring (bicyclic) bond motifs is 2. The summed E-state index contributed by atoms with van der Waals surface area (Å²) in [5, 5.41) is 14.8. The number of carboxylic acid groups (broad SMARTS) is 1. The van der Waals surface area contributed by atoms with Gasteiger partial charge in [-0.3, -0.25) is 14.4 Å². The fraction of sp³-hybridized carbons (Fsp3) is 0.344. The van der Waals surface area contributed by atoms with Gasteiger partial charge in [-0.2, -0.15) is 0 Å². The van der Waals surface area contributed by atoms with E-state index in [4.69, 9.17) is 37.4 Å². The Balaban J connectivity index is 0.00000500. The van der Waals surface area contributed by atoms with Gasteiger partial charge in [-0.05, 0) is 59.9 Å². The molecule has 15 heteroatoms. The maximum Gasteiger partial charge on any atom is 0.331 e. The average molecular weight is 706 g/mol. The van der Waals surface area contributed by atoms with Crippen molar-refractivity contribution in [1.82, 2.24) is 20.2 Å². The zero-order valence-corrected chi connectivity index (χ0v) is 26.9. The summed E-state index contributed by atoms with van der Waals surface area (Å²) < 4.78 is 16.5. The molecule has 1 saturated heterocycles. The molecule has 2 amide bonds. The molecular weight excluding hydrogens is 671 g/mol. The van der Waals surface area contributed by atoms with Crippen molar-refractivity contribution < 1.29 is 33.7 Å².